The van der Waals surface area contributed by atoms with Crippen LogP contribution in [0.15, 0.2) is 12.3 Å². The van der Waals surface area contributed by atoms with Crippen molar-refractivity contribution in [2.75, 3.05) is 6.61 Å². The van der Waals surface area contributed by atoms with Gasteiger partial charge in [0.2, 0.25) is 0 Å². The Kier molecular flexibility index (Phi) is 4.75. The van der Waals surface area contributed by atoms with Crippen LogP contribution in [0.1, 0.15) is 69.6 Å². The first-order chi connectivity index (χ1) is 10.7. The summed E-state index contributed by atoms with van der Waals surface area (Å²) in [7, 11) is 0. The molecule has 0 bridgehead atoms. The van der Waals surface area contributed by atoms with Crippen LogP contribution in [-0.4, -0.2) is 37.9 Å². The van der Waals surface area contributed by atoms with Crippen LogP contribution in [0, 0.1) is 0 Å². The molecule has 2 N–H and O–H groups in total. The minimum absolute atomic E-state index is 0.130. The Labute approximate surface area is 136 Å². The normalized spacial score (nSPS) is 12.4. The smallest absolute Gasteiger partial charge is 0.252 e. The molecule has 0 aromatic carbocycles. The van der Waals surface area contributed by atoms with E-state index < -0.39 is 5.54 Å². The molecule has 0 saturated heterocycles. The predicted octanol–water partition coefficient (Wildman–Crippen LogP) is 2.64. The van der Waals surface area contributed by atoms with Crippen molar-refractivity contribution in [2.45, 2.75) is 59.0 Å². The fourth-order valence-corrected chi connectivity index (χ4v) is 2.31. The maximum Gasteiger partial charge on any atom is 0.252 e. The predicted molar refractivity (Wildman–Crippen MR) is 90.6 cm³/mol. The van der Waals surface area contributed by atoms with E-state index in [1.54, 1.807) is 20.0 Å². The summed E-state index contributed by atoms with van der Waals surface area (Å²) in [6.07, 6.45) is 1.69. The summed E-state index contributed by atoms with van der Waals surface area (Å²) in [5, 5.41) is 17.4. The van der Waals surface area contributed by atoms with E-state index in [-0.39, 0.29) is 24.5 Å². The summed E-state index contributed by atoms with van der Waals surface area (Å²) in [6.45, 7) is 11.6. The second-order valence-electron chi connectivity index (χ2n) is 7.17. The van der Waals surface area contributed by atoms with Crippen LogP contribution in [0.3, 0.4) is 0 Å². The van der Waals surface area contributed by atoms with E-state index in [0.717, 1.165) is 16.7 Å². The van der Waals surface area contributed by atoms with E-state index in [0.29, 0.717) is 5.56 Å². The van der Waals surface area contributed by atoms with E-state index in [2.05, 4.69) is 15.4 Å². The van der Waals surface area contributed by atoms with Gasteiger partial charge in [0.25, 0.3) is 5.91 Å². The molecule has 23 heavy (non-hydrogen) atoms. The van der Waals surface area contributed by atoms with Crippen LogP contribution < -0.4 is 5.32 Å². The highest BCUT2D eigenvalue weighted by atomic mass is 16.3. The van der Waals surface area contributed by atoms with Gasteiger partial charge in [-0.05, 0) is 39.7 Å². The molecule has 126 valence electrons. The summed E-state index contributed by atoms with van der Waals surface area (Å²) >= 11 is 0. The number of hydrogen-bond acceptors (Lipinski definition) is 4. The number of carbonyl (C=O) groups excluding carboxylic acids is 1. The van der Waals surface area contributed by atoms with E-state index in [1.165, 1.54) is 0 Å². The number of aliphatic hydroxyl groups is 1. The lowest BCUT2D eigenvalue weighted by atomic mass is 10.0. The van der Waals surface area contributed by atoms with Gasteiger partial charge in [0, 0.05) is 11.7 Å². The van der Waals surface area contributed by atoms with Crippen LogP contribution in [0.2, 0.25) is 0 Å². The van der Waals surface area contributed by atoms with Gasteiger partial charge in [0.15, 0.2) is 5.65 Å². The Balaban J connectivity index is 2.60. The molecule has 2 rings (SSSR count). The molecule has 0 aliphatic rings. The topological polar surface area (TPSA) is 80.0 Å². The van der Waals surface area contributed by atoms with Gasteiger partial charge in [-0.1, -0.05) is 13.8 Å². The van der Waals surface area contributed by atoms with Crippen LogP contribution in [0.4, 0.5) is 0 Å². The molecule has 0 saturated carbocycles. The zero-order chi connectivity index (χ0) is 17.4. The molecule has 0 unspecified atom stereocenters. The number of aliphatic hydroxyl groups excluding tert-OH is 1. The molecule has 0 aliphatic carbocycles. The van der Waals surface area contributed by atoms with E-state index >= 15 is 0 Å². The summed E-state index contributed by atoms with van der Waals surface area (Å²) in [5.41, 5.74) is 1.44. The zero-order valence-corrected chi connectivity index (χ0v) is 14.7. The van der Waals surface area contributed by atoms with Crippen molar-refractivity contribution in [3.8, 4) is 0 Å². The lowest BCUT2D eigenvalue weighted by molar-refractivity contribution is 0.0871. The van der Waals surface area contributed by atoms with E-state index in [9.17, 15) is 9.90 Å². The van der Waals surface area contributed by atoms with Crippen molar-refractivity contribution in [1.82, 2.24) is 20.1 Å². The molecule has 0 atom stereocenters. The summed E-state index contributed by atoms with van der Waals surface area (Å²) < 4.78 is 1.83. The number of pyridine rings is 1. The van der Waals surface area contributed by atoms with Crippen molar-refractivity contribution in [3.05, 3.63) is 23.5 Å². The summed E-state index contributed by atoms with van der Waals surface area (Å²) in [4.78, 5) is 17.4. The SMILES string of the molecule is CC(C)c1cc(C(=O)NC(C)(C)CO)c2cnn(C(C)C)c2n1. The van der Waals surface area contributed by atoms with Gasteiger partial charge in [-0.2, -0.15) is 5.10 Å². The van der Waals surface area contributed by atoms with Crippen molar-refractivity contribution in [3.63, 3.8) is 0 Å². The quantitative estimate of drug-likeness (QED) is 0.888. The molecule has 0 aliphatic heterocycles. The minimum atomic E-state index is -0.682. The highest BCUT2D eigenvalue weighted by Gasteiger charge is 2.24. The lowest BCUT2D eigenvalue weighted by Gasteiger charge is -2.24. The zero-order valence-electron chi connectivity index (χ0n) is 14.7. The van der Waals surface area contributed by atoms with Crippen LogP contribution >= 0.6 is 0 Å². The molecule has 6 nitrogen and oxygen atoms in total. The Morgan fingerprint density at radius 3 is 2.52 bits per heavy atom. The minimum Gasteiger partial charge on any atom is -0.394 e. The van der Waals surface area contributed by atoms with Gasteiger partial charge in [-0.3, -0.25) is 4.79 Å². The first-order valence-corrected chi connectivity index (χ1v) is 7.98. The molecule has 0 fully saturated rings. The highest BCUT2D eigenvalue weighted by Crippen LogP contribution is 2.24. The molecular weight excluding hydrogens is 292 g/mol. The average molecular weight is 318 g/mol. The number of nitrogens with one attached hydrogen (secondary N) is 1. The summed E-state index contributed by atoms with van der Waals surface area (Å²) in [6, 6.07) is 1.98. The second-order valence-corrected chi connectivity index (χ2v) is 7.17. The van der Waals surface area contributed by atoms with Crippen molar-refractivity contribution >= 4 is 16.9 Å². The standard InChI is InChI=1S/C17H26N4O2/c1-10(2)14-7-12(16(23)20-17(5,6)9-22)13-8-18-21(11(3)4)15(13)19-14/h7-8,10-11,22H,9H2,1-6H3,(H,20,23). The third-order valence-electron chi connectivity index (χ3n) is 3.76. The van der Waals surface area contributed by atoms with E-state index in [4.69, 9.17) is 0 Å². The monoisotopic (exact) mass is 318 g/mol. The van der Waals surface area contributed by atoms with Crippen molar-refractivity contribution in [1.29, 1.82) is 0 Å². The lowest BCUT2D eigenvalue weighted by Crippen LogP contribution is -2.46. The Morgan fingerprint density at radius 2 is 2.00 bits per heavy atom. The number of nitrogens with zero attached hydrogens (tertiary/aromatic N) is 3. The molecule has 0 spiro atoms. The molecule has 2 aromatic rings. The highest BCUT2D eigenvalue weighted by molar-refractivity contribution is 6.05. The van der Waals surface area contributed by atoms with Gasteiger partial charge in [0.1, 0.15) is 0 Å². The van der Waals surface area contributed by atoms with Crippen LogP contribution in [0.5, 0.6) is 0 Å². The first-order valence-electron chi connectivity index (χ1n) is 7.98. The number of fused-ring (bicyclic) bond motifs is 1. The van der Waals surface area contributed by atoms with Gasteiger partial charge >= 0.3 is 0 Å². The molecule has 6 heteroatoms. The molecule has 1 amide bonds. The number of rotatable bonds is 5. The van der Waals surface area contributed by atoms with Gasteiger partial charge in [-0.15, -0.1) is 0 Å². The third-order valence-corrected chi connectivity index (χ3v) is 3.76. The fourth-order valence-electron chi connectivity index (χ4n) is 2.31. The third kappa shape index (κ3) is 3.52. The van der Waals surface area contributed by atoms with Crippen LogP contribution in [-0.2, 0) is 0 Å². The Morgan fingerprint density at radius 1 is 1.35 bits per heavy atom. The number of amides is 1. The number of aromatic nitrogens is 3. The average Bonchev–Trinajstić information content (AvgIpc) is 2.89. The number of hydrogen-bond donors (Lipinski definition) is 2. The second kappa shape index (κ2) is 6.28. The van der Waals surface area contributed by atoms with Gasteiger partial charge in [-0.25, -0.2) is 9.67 Å². The van der Waals surface area contributed by atoms with Gasteiger partial charge in [0.05, 0.1) is 29.3 Å². The molecule has 2 aromatic heterocycles. The maximum absolute atomic E-state index is 12.7. The largest absolute Gasteiger partial charge is 0.394 e. The Bertz CT molecular complexity index is 717. The van der Waals surface area contributed by atoms with E-state index in [1.807, 2.05) is 38.4 Å². The Hall–Kier alpha value is -1.95. The maximum atomic E-state index is 12.7. The first kappa shape index (κ1) is 17.4. The van der Waals surface area contributed by atoms with Crippen LogP contribution in [0.25, 0.3) is 11.0 Å². The van der Waals surface area contributed by atoms with Crippen molar-refractivity contribution in [2.24, 2.45) is 0 Å². The van der Waals surface area contributed by atoms with Crippen molar-refractivity contribution < 1.29 is 9.90 Å². The number of carbonyl (C=O) groups is 1. The van der Waals surface area contributed by atoms with Gasteiger partial charge < -0.3 is 10.4 Å². The molecule has 0 radical (unpaired) electrons. The fraction of sp³-hybridized carbons (Fsp3) is 0.588. The molecular formula is C17H26N4O2. The summed E-state index contributed by atoms with van der Waals surface area (Å²) in [5.74, 6) is -0.0195. The molecule has 2 heterocycles.